The van der Waals surface area contributed by atoms with Gasteiger partial charge in [-0.25, -0.2) is 0 Å². The SMILES string of the molecule is O=C(O)C1(COc2ccc(N3CCN(CCC4CCNCC4)CC3)cc2)C=CC=CC1. The second kappa shape index (κ2) is 10.3. The Kier molecular flexibility index (Phi) is 7.30. The Balaban J connectivity index is 1.23. The minimum atomic E-state index is -0.974. The van der Waals surface area contributed by atoms with E-state index in [4.69, 9.17) is 4.74 Å². The van der Waals surface area contributed by atoms with E-state index in [2.05, 4.69) is 27.2 Å². The Morgan fingerprint density at radius 3 is 2.48 bits per heavy atom. The number of rotatable bonds is 8. The molecule has 6 heteroatoms. The van der Waals surface area contributed by atoms with Crippen LogP contribution in [0.25, 0.3) is 0 Å². The average molecular weight is 426 g/mol. The second-order valence-electron chi connectivity index (χ2n) is 9.05. The van der Waals surface area contributed by atoms with Gasteiger partial charge in [0.25, 0.3) is 0 Å². The zero-order valence-corrected chi connectivity index (χ0v) is 18.3. The molecular formula is C25H35N3O3. The summed E-state index contributed by atoms with van der Waals surface area (Å²) in [6.07, 6.45) is 11.7. The summed E-state index contributed by atoms with van der Waals surface area (Å²) in [7, 11) is 0. The van der Waals surface area contributed by atoms with Crippen molar-refractivity contribution in [1.82, 2.24) is 10.2 Å². The van der Waals surface area contributed by atoms with Gasteiger partial charge in [-0.05, 0) is 75.5 Å². The molecular weight excluding hydrogens is 390 g/mol. The molecule has 3 aliphatic rings. The third kappa shape index (κ3) is 5.69. The van der Waals surface area contributed by atoms with Crippen LogP contribution in [0.15, 0.2) is 48.6 Å². The molecule has 1 aromatic carbocycles. The number of allylic oxidation sites excluding steroid dienone is 3. The highest BCUT2D eigenvalue weighted by molar-refractivity contribution is 5.78. The first-order chi connectivity index (χ1) is 15.1. The van der Waals surface area contributed by atoms with Crippen LogP contribution in [-0.4, -0.2) is 68.4 Å². The van der Waals surface area contributed by atoms with Crippen molar-refractivity contribution >= 4 is 11.7 Å². The molecule has 1 aliphatic carbocycles. The van der Waals surface area contributed by atoms with Crippen LogP contribution in [-0.2, 0) is 4.79 Å². The molecule has 0 bridgehead atoms. The first kappa shape index (κ1) is 21.9. The predicted molar refractivity (Wildman–Crippen MR) is 124 cm³/mol. The number of carboxylic acid groups (broad SMARTS) is 1. The number of piperidine rings is 1. The lowest BCUT2D eigenvalue weighted by Crippen LogP contribution is -2.47. The Hall–Kier alpha value is -2.31. The summed E-state index contributed by atoms with van der Waals surface area (Å²) in [6.45, 7) is 8.05. The van der Waals surface area contributed by atoms with Crippen molar-refractivity contribution in [3.63, 3.8) is 0 Å². The van der Waals surface area contributed by atoms with E-state index in [1.54, 1.807) is 12.2 Å². The fraction of sp³-hybridized carbons (Fsp3) is 0.560. The molecule has 4 rings (SSSR count). The number of piperazine rings is 1. The van der Waals surface area contributed by atoms with Gasteiger partial charge in [-0.1, -0.05) is 24.3 Å². The first-order valence-corrected chi connectivity index (χ1v) is 11.6. The number of hydrogen-bond acceptors (Lipinski definition) is 5. The lowest BCUT2D eigenvalue weighted by atomic mass is 9.82. The maximum atomic E-state index is 11.7. The summed E-state index contributed by atoms with van der Waals surface area (Å²) in [5.41, 5.74) is 0.233. The number of nitrogens with one attached hydrogen (secondary N) is 1. The molecule has 31 heavy (non-hydrogen) atoms. The number of ether oxygens (including phenoxy) is 1. The lowest BCUT2D eigenvalue weighted by molar-refractivity contribution is -0.147. The van der Waals surface area contributed by atoms with Gasteiger partial charge in [0.1, 0.15) is 17.8 Å². The first-order valence-electron chi connectivity index (χ1n) is 11.6. The van der Waals surface area contributed by atoms with Crippen LogP contribution in [0.2, 0.25) is 0 Å². The van der Waals surface area contributed by atoms with Gasteiger partial charge in [-0.2, -0.15) is 0 Å². The van der Waals surface area contributed by atoms with Crippen LogP contribution < -0.4 is 15.0 Å². The molecule has 0 radical (unpaired) electrons. The number of aliphatic carboxylic acids is 1. The fourth-order valence-corrected chi connectivity index (χ4v) is 4.72. The van der Waals surface area contributed by atoms with Gasteiger partial charge in [0.05, 0.1) is 0 Å². The van der Waals surface area contributed by atoms with E-state index < -0.39 is 11.4 Å². The summed E-state index contributed by atoms with van der Waals surface area (Å²) in [4.78, 5) is 16.8. The van der Waals surface area contributed by atoms with E-state index in [9.17, 15) is 9.90 Å². The van der Waals surface area contributed by atoms with Crippen LogP contribution >= 0.6 is 0 Å². The molecule has 2 N–H and O–H groups in total. The minimum absolute atomic E-state index is 0.137. The standard InChI is InChI=1S/C25H35N3O3/c29-24(30)25(11-2-1-3-12-25)20-31-23-6-4-22(5-7-23)28-18-16-27(17-19-28)15-10-21-8-13-26-14-9-21/h1-7,11,21,26H,8-10,12-20H2,(H,29,30). The van der Waals surface area contributed by atoms with Crippen molar-refractivity contribution in [3.05, 3.63) is 48.6 Å². The molecule has 1 unspecified atom stereocenters. The highest BCUT2D eigenvalue weighted by Gasteiger charge is 2.36. The summed E-state index contributed by atoms with van der Waals surface area (Å²) in [6, 6.07) is 8.08. The lowest BCUT2D eigenvalue weighted by Gasteiger charge is -2.37. The summed E-state index contributed by atoms with van der Waals surface area (Å²) >= 11 is 0. The second-order valence-corrected chi connectivity index (χ2v) is 9.05. The summed E-state index contributed by atoms with van der Waals surface area (Å²) in [5.74, 6) is 0.767. The van der Waals surface area contributed by atoms with Gasteiger partial charge in [0.15, 0.2) is 0 Å². The molecule has 2 saturated heterocycles. The quantitative estimate of drug-likeness (QED) is 0.667. The largest absolute Gasteiger partial charge is 0.492 e. The van der Waals surface area contributed by atoms with Gasteiger partial charge < -0.3 is 20.1 Å². The van der Waals surface area contributed by atoms with Crippen molar-refractivity contribution < 1.29 is 14.6 Å². The van der Waals surface area contributed by atoms with E-state index >= 15 is 0 Å². The van der Waals surface area contributed by atoms with E-state index in [1.807, 2.05) is 24.3 Å². The van der Waals surface area contributed by atoms with Crippen molar-refractivity contribution in [2.75, 3.05) is 57.3 Å². The van der Waals surface area contributed by atoms with Gasteiger partial charge in [-0.15, -0.1) is 0 Å². The number of carbonyl (C=O) groups is 1. The predicted octanol–water partition coefficient (Wildman–Crippen LogP) is 3.16. The van der Waals surface area contributed by atoms with Gasteiger partial charge in [0.2, 0.25) is 0 Å². The molecule has 0 aromatic heterocycles. The summed E-state index contributed by atoms with van der Waals surface area (Å²) in [5, 5.41) is 13.1. The molecule has 2 fully saturated rings. The Labute approximate surface area is 185 Å². The molecule has 2 aliphatic heterocycles. The maximum absolute atomic E-state index is 11.7. The van der Waals surface area contributed by atoms with Crippen molar-refractivity contribution in [2.45, 2.75) is 25.7 Å². The van der Waals surface area contributed by atoms with Gasteiger partial charge in [0, 0.05) is 31.9 Å². The molecule has 168 valence electrons. The van der Waals surface area contributed by atoms with Crippen molar-refractivity contribution in [2.24, 2.45) is 11.3 Å². The number of hydrogen-bond donors (Lipinski definition) is 2. The van der Waals surface area contributed by atoms with E-state index in [-0.39, 0.29) is 6.61 Å². The van der Waals surface area contributed by atoms with Crippen LogP contribution in [0.5, 0.6) is 5.75 Å². The normalized spacial score (nSPS) is 25.0. The van der Waals surface area contributed by atoms with Crippen molar-refractivity contribution in [1.29, 1.82) is 0 Å². The average Bonchev–Trinajstić information content (AvgIpc) is 2.83. The Bertz CT molecular complexity index is 778. The van der Waals surface area contributed by atoms with E-state index in [0.717, 1.165) is 32.1 Å². The fourth-order valence-electron chi connectivity index (χ4n) is 4.72. The summed E-state index contributed by atoms with van der Waals surface area (Å²) < 4.78 is 5.86. The zero-order valence-electron chi connectivity index (χ0n) is 18.3. The van der Waals surface area contributed by atoms with Gasteiger partial charge in [-0.3, -0.25) is 9.69 Å². The topological polar surface area (TPSA) is 65.0 Å². The van der Waals surface area contributed by atoms with Crippen LogP contribution in [0, 0.1) is 11.3 Å². The maximum Gasteiger partial charge on any atom is 0.317 e. The molecule has 1 atom stereocenters. The Morgan fingerprint density at radius 2 is 1.84 bits per heavy atom. The molecule has 0 saturated carbocycles. The van der Waals surface area contributed by atoms with Crippen LogP contribution in [0.3, 0.4) is 0 Å². The molecule has 2 heterocycles. The highest BCUT2D eigenvalue weighted by Crippen LogP contribution is 2.30. The number of nitrogens with zero attached hydrogens (tertiary/aromatic N) is 2. The zero-order chi connectivity index (χ0) is 21.5. The smallest absolute Gasteiger partial charge is 0.317 e. The molecule has 0 spiro atoms. The van der Waals surface area contributed by atoms with Crippen LogP contribution in [0.4, 0.5) is 5.69 Å². The third-order valence-corrected chi connectivity index (χ3v) is 6.95. The number of benzene rings is 1. The minimum Gasteiger partial charge on any atom is -0.492 e. The molecule has 1 aromatic rings. The van der Waals surface area contributed by atoms with E-state index in [1.165, 1.54) is 44.6 Å². The number of anilines is 1. The number of carboxylic acids is 1. The van der Waals surface area contributed by atoms with E-state index in [0.29, 0.717) is 12.2 Å². The van der Waals surface area contributed by atoms with Crippen LogP contribution in [0.1, 0.15) is 25.7 Å². The Morgan fingerprint density at radius 1 is 1.10 bits per heavy atom. The molecule has 0 amide bonds. The highest BCUT2D eigenvalue weighted by atomic mass is 16.5. The van der Waals surface area contributed by atoms with Crippen molar-refractivity contribution in [3.8, 4) is 5.75 Å². The molecule has 6 nitrogen and oxygen atoms in total. The van der Waals surface area contributed by atoms with Gasteiger partial charge >= 0.3 is 5.97 Å². The third-order valence-electron chi connectivity index (χ3n) is 6.95. The monoisotopic (exact) mass is 425 g/mol.